The number of nitrogens with zero attached hydrogens (tertiary/aromatic N) is 2. The highest BCUT2D eigenvalue weighted by atomic mass is 16.5. The standard InChI is InChI=1S/C17H24N4O4/c1-25-11-8-19-15(22)16(23)20-12-13-4-9-21(10-5-13)17(24)14-2-6-18-7-3-14/h2-3,6-7,13H,4-5,8-12H2,1H3,(H,19,22)(H,20,23). The molecule has 1 fully saturated rings. The van der Waals surface area contributed by atoms with Crippen molar-refractivity contribution in [3.8, 4) is 0 Å². The summed E-state index contributed by atoms with van der Waals surface area (Å²) in [6.45, 7) is 2.39. The van der Waals surface area contributed by atoms with Crippen LogP contribution in [0.15, 0.2) is 24.5 Å². The van der Waals surface area contributed by atoms with Gasteiger partial charge in [0.05, 0.1) is 6.61 Å². The molecule has 0 radical (unpaired) electrons. The number of carbonyl (C=O) groups is 3. The van der Waals surface area contributed by atoms with Crippen LogP contribution in [0.3, 0.4) is 0 Å². The molecule has 2 N–H and O–H groups in total. The predicted octanol–water partition coefficient (Wildman–Crippen LogP) is -0.187. The van der Waals surface area contributed by atoms with E-state index in [1.807, 2.05) is 4.90 Å². The van der Waals surface area contributed by atoms with Gasteiger partial charge in [0.15, 0.2) is 0 Å². The topological polar surface area (TPSA) is 101 Å². The maximum absolute atomic E-state index is 12.4. The minimum absolute atomic E-state index is 0.00223. The first-order valence-electron chi connectivity index (χ1n) is 8.36. The van der Waals surface area contributed by atoms with Gasteiger partial charge in [-0.25, -0.2) is 0 Å². The molecular formula is C17H24N4O4. The van der Waals surface area contributed by atoms with Crippen LogP contribution in [0.4, 0.5) is 0 Å². The van der Waals surface area contributed by atoms with Crippen LogP contribution in [0.2, 0.25) is 0 Å². The predicted molar refractivity (Wildman–Crippen MR) is 90.8 cm³/mol. The van der Waals surface area contributed by atoms with Gasteiger partial charge in [0.25, 0.3) is 5.91 Å². The highest BCUT2D eigenvalue weighted by Crippen LogP contribution is 2.18. The molecular weight excluding hydrogens is 324 g/mol. The van der Waals surface area contributed by atoms with Gasteiger partial charge < -0.3 is 20.3 Å². The van der Waals surface area contributed by atoms with Crippen LogP contribution in [-0.4, -0.2) is 67.5 Å². The number of hydrogen-bond acceptors (Lipinski definition) is 5. The van der Waals surface area contributed by atoms with Crippen molar-refractivity contribution in [2.75, 3.05) is 39.9 Å². The Bertz CT molecular complexity index is 586. The number of rotatable bonds is 6. The lowest BCUT2D eigenvalue weighted by atomic mass is 9.96. The molecule has 0 unspecified atom stereocenters. The highest BCUT2D eigenvalue weighted by Gasteiger charge is 2.24. The molecule has 0 atom stereocenters. The summed E-state index contributed by atoms with van der Waals surface area (Å²) in [5.74, 6) is -1.02. The SMILES string of the molecule is COCCNC(=O)C(=O)NCC1CCN(C(=O)c2ccncc2)CC1. The van der Waals surface area contributed by atoms with Crippen molar-refractivity contribution in [1.82, 2.24) is 20.5 Å². The lowest BCUT2D eigenvalue weighted by molar-refractivity contribution is -0.139. The summed E-state index contributed by atoms with van der Waals surface area (Å²) in [4.78, 5) is 41.3. The molecule has 1 aliphatic rings. The first kappa shape index (κ1) is 18.9. The Hall–Kier alpha value is -2.48. The summed E-state index contributed by atoms with van der Waals surface area (Å²) < 4.78 is 4.81. The molecule has 8 heteroatoms. The van der Waals surface area contributed by atoms with Crippen LogP contribution in [0.5, 0.6) is 0 Å². The number of likely N-dealkylation sites (tertiary alicyclic amines) is 1. The zero-order valence-corrected chi connectivity index (χ0v) is 14.4. The molecule has 0 bridgehead atoms. The number of ether oxygens (including phenoxy) is 1. The van der Waals surface area contributed by atoms with Gasteiger partial charge in [-0.05, 0) is 30.9 Å². The summed E-state index contributed by atoms with van der Waals surface area (Å²) in [6, 6.07) is 3.41. The molecule has 8 nitrogen and oxygen atoms in total. The molecule has 1 aromatic heterocycles. The van der Waals surface area contributed by atoms with E-state index >= 15 is 0 Å². The monoisotopic (exact) mass is 348 g/mol. The maximum atomic E-state index is 12.4. The quantitative estimate of drug-likeness (QED) is 0.548. The van der Waals surface area contributed by atoms with Gasteiger partial charge in [-0.2, -0.15) is 0 Å². The first-order chi connectivity index (χ1) is 12.1. The van der Waals surface area contributed by atoms with Gasteiger partial charge in [-0.15, -0.1) is 0 Å². The summed E-state index contributed by atoms with van der Waals surface area (Å²) in [5.41, 5.74) is 0.634. The third-order valence-corrected chi connectivity index (χ3v) is 4.18. The van der Waals surface area contributed by atoms with Crippen molar-refractivity contribution in [2.45, 2.75) is 12.8 Å². The summed E-state index contributed by atoms with van der Waals surface area (Å²) in [6.07, 6.45) is 4.80. The number of pyridine rings is 1. The van der Waals surface area contributed by atoms with Gasteiger partial charge in [0, 0.05) is 51.2 Å². The maximum Gasteiger partial charge on any atom is 0.309 e. The minimum atomic E-state index is -0.651. The Morgan fingerprint density at radius 3 is 2.44 bits per heavy atom. The van der Waals surface area contributed by atoms with Crippen LogP contribution in [0, 0.1) is 5.92 Å². The third kappa shape index (κ3) is 5.82. The van der Waals surface area contributed by atoms with E-state index in [-0.39, 0.29) is 11.8 Å². The molecule has 2 rings (SSSR count). The average Bonchev–Trinajstić information content (AvgIpc) is 2.66. The van der Waals surface area contributed by atoms with Crippen molar-refractivity contribution in [2.24, 2.45) is 5.92 Å². The average molecular weight is 348 g/mol. The van der Waals surface area contributed by atoms with Crippen LogP contribution in [0.25, 0.3) is 0 Å². The van der Waals surface area contributed by atoms with E-state index < -0.39 is 11.8 Å². The summed E-state index contributed by atoms with van der Waals surface area (Å²) in [7, 11) is 1.53. The summed E-state index contributed by atoms with van der Waals surface area (Å²) >= 11 is 0. The van der Waals surface area contributed by atoms with Gasteiger partial charge in [-0.3, -0.25) is 19.4 Å². The number of aromatic nitrogens is 1. The number of methoxy groups -OCH3 is 1. The highest BCUT2D eigenvalue weighted by molar-refractivity contribution is 6.35. The van der Waals surface area contributed by atoms with Crippen molar-refractivity contribution < 1.29 is 19.1 Å². The number of hydrogen-bond donors (Lipinski definition) is 2. The molecule has 2 heterocycles. The molecule has 0 aromatic carbocycles. The zero-order chi connectivity index (χ0) is 18.1. The molecule has 0 aliphatic carbocycles. The van der Waals surface area contributed by atoms with Crippen LogP contribution >= 0.6 is 0 Å². The van der Waals surface area contributed by atoms with Crippen LogP contribution in [0.1, 0.15) is 23.2 Å². The van der Waals surface area contributed by atoms with Gasteiger partial charge >= 0.3 is 11.8 Å². The Morgan fingerprint density at radius 2 is 1.80 bits per heavy atom. The lowest BCUT2D eigenvalue weighted by Gasteiger charge is -2.32. The fraction of sp³-hybridized carbons (Fsp3) is 0.529. The largest absolute Gasteiger partial charge is 0.383 e. The van der Waals surface area contributed by atoms with Crippen molar-refractivity contribution in [3.05, 3.63) is 30.1 Å². The molecule has 1 aliphatic heterocycles. The summed E-state index contributed by atoms with van der Waals surface area (Å²) in [5, 5.41) is 5.13. The van der Waals surface area contributed by atoms with Crippen molar-refractivity contribution >= 4 is 17.7 Å². The van der Waals surface area contributed by atoms with E-state index in [2.05, 4.69) is 15.6 Å². The molecule has 0 spiro atoms. The van der Waals surface area contributed by atoms with Crippen molar-refractivity contribution in [3.63, 3.8) is 0 Å². The number of carbonyl (C=O) groups excluding carboxylic acids is 3. The van der Waals surface area contributed by atoms with E-state index in [0.29, 0.717) is 38.3 Å². The van der Waals surface area contributed by atoms with E-state index in [1.54, 1.807) is 24.5 Å². The third-order valence-electron chi connectivity index (χ3n) is 4.18. The van der Waals surface area contributed by atoms with Gasteiger partial charge in [0.2, 0.25) is 0 Å². The van der Waals surface area contributed by atoms with E-state index in [9.17, 15) is 14.4 Å². The minimum Gasteiger partial charge on any atom is -0.383 e. The van der Waals surface area contributed by atoms with Gasteiger partial charge in [-0.1, -0.05) is 0 Å². The van der Waals surface area contributed by atoms with Crippen LogP contribution in [-0.2, 0) is 14.3 Å². The Morgan fingerprint density at radius 1 is 1.16 bits per heavy atom. The Kier molecular flexibility index (Phi) is 7.34. The van der Waals surface area contributed by atoms with Gasteiger partial charge in [0.1, 0.15) is 0 Å². The van der Waals surface area contributed by atoms with E-state index in [1.165, 1.54) is 7.11 Å². The smallest absolute Gasteiger partial charge is 0.309 e. The lowest BCUT2D eigenvalue weighted by Crippen LogP contribution is -2.45. The second-order valence-electron chi connectivity index (χ2n) is 5.93. The molecule has 25 heavy (non-hydrogen) atoms. The number of amides is 3. The molecule has 3 amide bonds. The normalized spacial score (nSPS) is 14.8. The molecule has 1 aromatic rings. The molecule has 0 saturated carbocycles. The van der Waals surface area contributed by atoms with Crippen molar-refractivity contribution in [1.29, 1.82) is 0 Å². The number of piperidine rings is 1. The zero-order valence-electron chi connectivity index (χ0n) is 14.4. The Labute approximate surface area is 146 Å². The van der Waals surface area contributed by atoms with E-state index in [4.69, 9.17) is 4.74 Å². The molecule has 136 valence electrons. The fourth-order valence-electron chi connectivity index (χ4n) is 2.68. The second kappa shape index (κ2) is 9.73. The first-order valence-corrected chi connectivity index (χ1v) is 8.36. The second-order valence-corrected chi connectivity index (χ2v) is 5.93. The number of nitrogens with one attached hydrogen (secondary N) is 2. The van der Waals surface area contributed by atoms with Crippen LogP contribution < -0.4 is 10.6 Å². The fourth-order valence-corrected chi connectivity index (χ4v) is 2.68. The Balaban J connectivity index is 1.69. The van der Waals surface area contributed by atoms with E-state index in [0.717, 1.165) is 12.8 Å². The molecule has 1 saturated heterocycles.